The van der Waals surface area contributed by atoms with Gasteiger partial charge in [0.05, 0.1) is 35.3 Å². The minimum absolute atomic E-state index is 0.0978. The van der Waals surface area contributed by atoms with Crippen LogP contribution in [-0.2, 0) is 27.3 Å². The van der Waals surface area contributed by atoms with E-state index in [4.69, 9.17) is 10.5 Å². The van der Waals surface area contributed by atoms with Gasteiger partial charge in [-0.2, -0.15) is 0 Å². The van der Waals surface area contributed by atoms with Crippen LogP contribution in [0.1, 0.15) is 52.3 Å². The second kappa shape index (κ2) is 14.9. The number of carbonyl (C=O) groups is 3. The largest absolute Gasteiger partial charge is 0.443 e. The number of pyridine rings is 1. The first-order chi connectivity index (χ1) is 20.3. The Morgan fingerprint density at radius 3 is 2.30 bits per heavy atom. The molecule has 11 heteroatoms. The van der Waals surface area contributed by atoms with Crippen LogP contribution in [0.3, 0.4) is 0 Å². The van der Waals surface area contributed by atoms with Gasteiger partial charge in [0.25, 0.3) is 0 Å². The Hall–Kier alpha value is -4.06. The monoisotopic (exact) mass is 592 g/mol. The molecule has 0 bridgehead atoms. The first kappa shape index (κ1) is 33.4. The Balaban J connectivity index is 1.82. The highest BCUT2D eigenvalue weighted by Crippen LogP contribution is 2.27. The summed E-state index contributed by atoms with van der Waals surface area (Å²) in [6, 6.07) is 20.0. The fraction of sp³-hybridized carbons (Fsp3) is 0.438. The number of rotatable bonds is 14. The van der Waals surface area contributed by atoms with Crippen molar-refractivity contribution >= 4 is 28.8 Å². The van der Waals surface area contributed by atoms with Crippen molar-refractivity contribution in [1.29, 1.82) is 0 Å². The standard InChI is InChI=1S/C32H44N6O5/c1-21(2)32(18-22-11-7-6-8-12-22,27(39)20-35-38-30(42)43-31(3,4)5)37-29(41)26(17-28(33)40)34-19-24-16-15-23-13-9-10-14-25(23)36-24/h6-16,21,26-27,34-35,39H,17-20H2,1-5H3,(H2,33,40)(H,37,41)(H,38,42)/t26-,27+,32-/m0/s1. The third-order valence-corrected chi connectivity index (χ3v) is 7.11. The van der Waals surface area contributed by atoms with Gasteiger partial charge in [-0.05, 0) is 50.8 Å². The molecule has 2 aromatic carbocycles. The molecule has 0 aliphatic heterocycles. The molecule has 1 aromatic heterocycles. The fourth-order valence-corrected chi connectivity index (χ4v) is 4.83. The zero-order chi connectivity index (χ0) is 31.6. The molecule has 0 spiro atoms. The quantitative estimate of drug-likeness (QED) is 0.155. The van der Waals surface area contributed by atoms with E-state index in [-0.39, 0.29) is 31.8 Å². The number of carbonyl (C=O) groups excluding carboxylic acids is 3. The molecule has 0 saturated heterocycles. The minimum Gasteiger partial charge on any atom is -0.443 e. The van der Waals surface area contributed by atoms with E-state index >= 15 is 0 Å². The van der Waals surface area contributed by atoms with Crippen LogP contribution in [0.5, 0.6) is 0 Å². The molecule has 232 valence electrons. The maximum Gasteiger partial charge on any atom is 0.422 e. The summed E-state index contributed by atoms with van der Waals surface area (Å²) in [7, 11) is 0. The first-order valence-corrected chi connectivity index (χ1v) is 14.4. The maximum absolute atomic E-state index is 13.8. The number of benzene rings is 2. The summed E-state index contributed by atoms with van der Waals surface area (Å²) in [4.78, 5) is 42.6. The van der Waals surface area contributed by atoms with Crippen molar-refractivity contribution in [3.8, 4) is 0 Å². The lowest BCUT2D eigenvalue weighted by atomic mass is 9.76. The molecule has 7 N–H and O–H groups in total. The number of primary amides is 1. The van der Waals surface area contributed by atoms with E-state index in [1.165, 1.54) is 0 Å². The van der Waals surface area contributed by atoms with Crippen molar-refractivity contribution < 1.29 is 24.2 Å². The number of hydrogen-bond acceptors (Lipinski definition) is 8. The second-order valence-corrected chi connectivity index (χ2v) is 12.0. The van der Waals surface area contributed by atoms with E-state index in [1.807, 2.05) is 80.6 Å². The van der Waals surface area contributed by atoms with Crippen molar-refractivity contribution in [3.05, 3.63) is 78.0 Å². The smallest absolute Gasteiger partial charge is 0.422 e. The normalized spacial score (nSPS) is 14.5. The summed E-state index contributed by atoms with van der Waals surface area (Å²) in [5.41, 5.74) is 11.2. The number of para-hydroxylation sites is 1. The van der Waals surface area contributed by atoms with Crippen LogP contribution in [-0.4, -0.2) is 57.8 Å². The van der Waals surface area contributed by atoms with Crippen LogP contribution in [0.25, 0.3) is 10.9 Å². The van der Waals surface area contributed by atoms with Crippen molar-refractivity contribution in [2.45, 2.75) is 77.3 Å². The van der Waals surface area contributed by atoms with Gasteiger partial charge < -0.3 is 20.9 Å². The van der Waals surface area contributed by atoms with E-state index in [1.54, 1.807) is 20.8 Å². The van der Waals surface area contributed by atoms with E-state index in [0.29, 0.717) is 5.69 Å². The highest BCUT2D eigenvalue weighted by Gasteiger charge is 2.43. The summed E-state index contributed by atoms with van der Waals surface area (Å²) < 4.78 is 5.25. The molecule has 3 rings (SSSR count). The number of nitrogens with one attached hydrogen (secondary N) is 4. The molecular weight excluding hydrogens is 548 g/mol. The predicted molar refractivity (Wildman–Crippen MR) is 165 cm³/mol. The summed E-state index contributed by atoms with van der Waals surface area (Å²) in [6.07, 6.45) is -1.84. The predicted octanol–water partition coefficient (Wildman–Crippen LogP) is 2.71. The fourth-order valence-electron chi connectivity index (χ4n) is 4.83. The van der Waals surface area contributed by atoms with E-state index in [9.17, 15) is 19.5 Å². The van der Waals surface area contributed by atoms with Gasteiger partial charge in [0.1, 0.15) is 5.60 Å². The highest BCUT2D eigenvalue weighted by atomic mass is 16.6. The Labute approximate surface area is 252 Å². The Bertz CT molecular complexity index is 1380. The topological polar surface area (TPSA) is 168 Å². The third-order valence-electron chi connectivity index (χ3n) is 7.11. The van der Waals surface area contributed by atoms with Crippen molar-refractivity contribution in [3.63, 3.8) is 0 Å². The number of amides is 3. The number of aliphatic hydroxyl groups excluding tert-OH is 1. The van der Waals surface area contributed by atoms with E-state index in [0.717, 1.165) is 16.5 Å². The number of fused-ring (bicyclic) bond motifs is 1. The number of nitrogens with two attached hydrogens (primary N) is 1. The number of hydrogen-bond donors (Lipinski definition) is 6. The molecule has 0 unspecified atom stereocenters. The van der Waals surface area contributed by atoms with Gasteiger partial charge in [-0.25, -0.2) is 10.2 Å². The molecular formula is C32H44N6O5. The maximum atomic E-state index is 13.8. The van der Waals surface area contributed by atoms with Gasteiger partial charge in [-0.3, -0.25) is 25.3 Å². The van der Waals surface area contributed by atoms with E-state index in [2.05, 4.69) is 26.5 Å². The highest BCUT2D eigenvalue weighted by molar-refractivity contribution is 5.88. The zero-order valence-corrected chi connectivity index (χ0v) is 25.5. The number of aliphatic hydroxyl groups is 1. The molecule has 43 heavy (non-hydrogen) atoms. The molecule has 0 aliphatic carbocycles. The minimum atomic E-state index is -1.19. The summed E-state index contributed by atoms with van der Waals surface area (Å²) in [6.45, 7) is 9.13. The van der Waals surface area contributed by atoms with Crippen molar-refractivity contribution in [1.82, 2.24) is 26.5 Å². The van der Waals surface area contributed by atoms with Crippen LogP contribution in [0.15, 0.2) is 66.7 Å². The number of nitrogens with zero attached hydrogens (tertiary/aromatic N) is 1. The van der Waals surface area contributed by atoms with Crippen molar-refractivity contribution in [2.75, 3.05) is 6.54 Å². The third kappa shape index (κ3) is 10.0. The summed E-state index contributed by atoms with van der Waals surface area (Å²) in [5.74, 6) is -1.42. The van der Waals surface area contributed by atoms with Gasteiger partial charge in [0.15, 0.2) is 0 Å². The molecule has 0 fully saturated rings. The molecule has 0 saturated carbocycles. The average molecular weight is 593 g/mol. The van der Waals surface area contributed by atoms with Gasteiger partial charge in [-0.1, -0.05) is 68.4 Å². The van der Waals surface area contributed by atoms with Gasteiger partial charge in [0, 0.05) is 18.5 Å². The molecule has 3 amide bonds. The lowest BCUT2D eigenvalue weighted by molar-refractivity contribution is -0.131. The summed E-state index contributed by atoms with van der Waals surface area (Å²) in [5, 5.41) is 18.7. The second-order valence-electron chi connectivity index (χ2n) is 12.0. The lowest BCUT2D eigenvalue weighted by Crippen LogP contribution is -2.66. The Kier molecular flexibility index (Phi) is 11.6. The van der Waals surface area contributed by atoms with Gasteiger partial charge >= 0.3 is 6.09 Å². The number of aromatic nitrogens is 1. The van der Waals surface area contributed by atoms with E-state index < -0.39 is 41.2 Å². The van der Waals surface area contributed by atoms with Gasteiger partial charge in [-0.15, -0.1) is 0 Å². The van der Waals surface area contributed by atoms with Crippen molar-refractivity contribution in [2.24, 2.45) is 11.7 Å². The SMILES string of the molecule is CC(C)[C@](Cc1ccccc1)(NC(=O)[C@H](CC(N)=O)NCc1ccc2ccccc2n1)[C@H](O)CNNC(=O)OC(C)(C)C. The number of hydrazine groups is 1. The van der Waals surface area contributed by atoms with Gasteiger partial charge in [0.2, 0.25) is 11.8 Å². The number of ether oxygens (including phenoxy) is 1. The Morgan fingerprint density at radius 2 is 1.65 bits per heavy atom. The molecule has 3 atom stereocenters. The molecule has 0 radical (unpaired) electrons. The first-order valence-electron chi connectivity index (χ1n) is 14.4. The van der Waals surface area contributed by atoms with Crippen LogP contribution in [0.2, 0.25) is 0 Å². The van der Waals surface area contributed by atoms with Crippen LogP contribution in [0, 0.1) is 5.92 Å². The van der Waals surface area contributed by atoms with Crippen LogP contribution < -0.4 is 27.2 Å². The average Bonchev–Trinajstić information content (AvgIpc) is 2.93. The van der Waals surface area contributed by atoms with Crippen LogP contribution >= 0.6 is 0 Å². The van der Waals surface area contributed by atoms with Crippen LogP contribution in [0.4, 0.5) is 4.79 Å². The molecule has 1 heterocycles. The summed E-state index contributed by atoms with van der Waals surface area (Å²) >= 11 is 0. The molecule has 0 aliphatic rings. The molecule has 3 aromatic rings. The Morgan fingerprint density at radius 1 is 0.977 bits per heavy atom. The molecule has 11 nitrogen and oxygen atoms in total. The lowest BCUT2D eigenvalue weighted by Gasteiger charge is -2.43. The zero-order valence-electron chi connectivity index (χ0n) is 25.5.